The third-order valence-electron chi connectivity index (χ3n) is 6.29. The van der Waals surface area contributed by atoms with Crippen LogP contribution in [0.4, 0.5) is 13.2 Å². The van der Waals surface area contributed by atoms with Gasteiger partial charge in [0, 0.05) is 46.4 Å². The number of benzene rings is 4. The van der Waals surface area contributed by atoms with Gasteiger partial charge in [0.05, 0.1) is 5.56 Å². The fourth-order valence-corrected chi connectivity index (χ4v) is 4.96. The molecule has 0 aliphatic rings. The van der Waals surface area contributed by atoms with Crippen LogP contribution in [0.25, 0.3) is 21.5 Å². The molecular formula is C30H26Cl2F3NO. The lowest BCUT2D eigenvalue weighted by Crippen LogP contribution is -2.18. The monoisotopic (exact) mass is 543 g/mol. The Morgan fingerprint density at radius 3 is 2.32 bits per heavy atom. The van der Waals surface area contributed by atoms with Gasteiger partial charge in [0.2, 0.25) is 0 Å². The Balaban J connectivity index is 1.76. The van der Waals surface area contributed by atoms with E-state index < -0.39 is 11.7 Å². The van der Waals surface area contributed by atoms with Crippen molar-refractivity contribution in [3.05, 3.63) is 106 Å². The van der Waals surface area contributed by atoms with Crippen molar-refractivity contribution in [2.24, 2.45) is 0 Å². The summed E-state index contributed by atoms with van der Waals surface area (Å²) in [6.07, 6.45) is 1.86. The zero-order valence-corrected chi connectivity index (χ0v) is 21.8. The number of halogens is 5. The summed E-state index contributed by atoms with van der Waals surface area (Å²) in [5.41, 5.74) is 0.600. The largest absolute Gasteiger partial charge is 0.416 e. The fourth-order valence-electron chi connectivity index (χ4n) is 4.41. The molecule has 7 heteroatoms. The Labute approximate surface area is 224 Å². The highest BCUT2D eigenvalue weighted by atomic mass is 35.5. The maximum Gasteiger partial charge on any atom is 0.416 e. The molecular weight excluding hydrogens is 518 g/mol. The van der Waals surface area contributed by atoms with Crippen molar-refractivity contribution >= 4 is 50.5 Å². The van der Waals surface area contributed by atoms with Crippen molar-refractivity contribution in [2.75, 3.05) is 6.54 Å². The van der Waals surface area contributed by atoms with Crippen LogP contribution in [0.1, 0.15) is 47.7 Å². The third kappa shape index (κ3) is 6.46. The zero-order chi connectivity index (χ0) is 26.6. The van der Waals surface area contributed by atoms with Crippen molar-refractivity contribution in [2.45, 2.75) is 38.9 Å². The molecule has 0 atom stereocenters. The molecule has 0 radical (unpaired) electrons. The second-order valence-corrected chi connectivity index (χ2v) is 9.85. The molecule has 4 rings (SSSR count). The van der Waals surface area contributed by atoms with E-state index in [1.807, 2.05) is 30.3 Å². The molecule has 0 saturated carbocycles. The van der Waals surface area contributed by atoms with Gasteiger partial charge in [-0.2, -0.15) is 13.2 Å². The summed E-state index contributed by atoms with van der Waals surface area (Å²) in [7, 11) is 0. The summed E-state index contributed by atoms with van der Waals surface area (Å²) in [5, 5.41) is 2.19. The topological polar surface area (TPSA) is 20.3 Å². The van der Waals surface area contributed by atoms with Crippen molar-refractivity contribution in [3.8, 4) is 0 Å². The number of unbranched alkanes of at least 4 members (excludes halogenated alkanes) is 2. The highest BCUT2D eigenvalue weighted by molar-refractivity contribution is 6.40. The van der Waals surface area contributed by atoms with E-state index in [0.29, 0.717) is 27.7 Å². The number of hydrogen-bond donors (Lipinski definition) is 0. The Morgan fingerprint density at radius 2 is 1.62 bits per heavy atom. The maximum absolute atomic E-state index is 13.5. The van der Waals surface area contributed by atoms with E-state index in [-0.39, 0.29) is 21.8 Å². The lowest BCUT2D eigenvalue weighted by molar-refractivity contribution is -0.137. The molecule has 0 aromatic heterocycles. The number of allylic oxidation sites excluding steroid dienone is 1. The van der Waals surface area contributed by atoms with Crippen LogP contribution in [0.15, 0.2) is 79.0 Å². The molecule has 0 aliphatic carbocycles. The summed E-state index contributed by atoms with van der Waals surface area (Å²) in [5.74, 6) is -0.314. The molecule has 4 aromatic carbocycles. The van der Waals surface area contributed by atoms with Gasteiger partial charge < -0.3 is 4.90 Å². The van der Waals surface area contributed by atoms with E-state index in [1.54, 1.807) is 18.3 Å². The molecule has 0 saturated heterocycles. The van der Waals surface area contributed by atoms with Gasteiger partial charge >= 0.3 is 6.18 Å². The van der Waals surface area contributed by atoms with Crippen LogP contribution in [-0.4, -0.2) is 17.2 Å². The van der Waals surface area contributed by atoms with Gasteiger partial charge in [0.1, 0.15) is 0 Å². The Bertz CT molecular complexity index is 1450. The number of nitrogens with zero attached hydrogens (tertiary/aromatic N) is 1. The molecule has 0 N–H and O–H groups in total. The van der Waals surface area contributed by atoms with Crippen molar-refractivity contribution < 1.29 is 18.0 Å². The first-order chi connectivity index (χ1) is 17.7. The van der Waals surface area contributed by atoms with E-state index in [1.165, 1.54) is 18.2 Å². The smallest absolute Gasteiger partial charge is 0.373 e. The van der Waals surface area contributed by atoms with E-state index in [4.69, 9.17) is 23.2 Å². The van der Waals surface area contributed by atoms with Gasteiger partial charge in [-0.25, -0.2) is 0 Å². The highest BCUT2D eigenvalue weighted by Gasteiger charge is 2.31. The quantitative estimate of drug-likeness (QED) is 0.0905. The molecule has 0 aliphatic heterocycles. The minimum atomic E-state index is -4.53. The van der Waals surface area contributed by atoms with Gasteiger partial charge in [-0.1, -0.05) is 79.4 Å². The molecule has 0 bridgehead atoms. The molecule has 37 heavy (non-hydrogen) atoms. The van der Waals surface area contributed by atoms with Crippen molar-refractivity contribution in [3.63, 3.8) is 0 Å². The average Bonchev–Trinajstić information content (AvgIpc) is 2.86. The van der Waals surface area contributed by atoms with Gasteiger partial charge in [-0.3, -0.25) is 4.79 Å². The zero-order valence-electron chi connectivity index (χ0n) is 20.3. The van der Waals surface area contributed by atoms with E-state index in [2.05, 4.69) is 11.8 Å². The first-order valence-corrected chi connectivity index (χ1v) is 12.9. The Morgan fingerprint density at radius 1 is 0.892 bits per heavy atom. The highest BCUT2D eigenvalue weighted by Crippen LogP contribution is 2.38. The number of alkyl halides is 3. The minimum Gasteiger partial charge on any atom is -0.373 e. The normalized spacial score (nSPS) is 12.1. The number of fused-ring (bicyclic) bond motifs is 3. The van der Waals surface area contributed by atoms with E-state index >= 15 is 0 Å². The summed E-state index contributed by atoms with van der Waals surface area (Å²) in [6.45, 7) is 3.56. The minimum absolute atomic E-state index is 0.269. The second kappa shape index (κ2) is 11.6. The number of ketones is 1. The van der Waals surface area contributed by atoms with Crippen LogP contribution in [0, 0.1) is 0 Å². The van der Waals surface area contributed by atoms with Crippen LogP contribution >= 0.6 is 23.2 Å². The molecule has 0 unspecified atom stereocenters. The number of rotatable bonds is 9. The standard InChI is InChI=1S/C30H26Cl2F3NO/c1-2-3-7-13-36(19-20-8-5-4-6-9-20)14-12-29(37)27-18-26-25(16-22(31)17-28(26)32)24-15-21(30(33,34)35)10-11-23(24)27/h4-6,8-12,14-18H,2-3,7,13,19H2,1H3. The predicted octanol–water partition coefficient (Wildman–Crippen LogP) is 9.71. The molecule has 0 heterocycles. The Kier molecular flexibility index (Phi) is 8.46. The van der Waals surface area contributed by atoms with Crippen molar-refractivity contribution in [1.29, 1.82) is 0 Å². The lowest BCUT2D eigenvalue weighted by atomic mass is 9.93. The van der Waals surface area contributed by atoms with Crippen LogP contribution in [0.3, 0.4) is 0 Å². The summed E-state index contributed by atoms with van der Waals surface area (Å²) >= 11 is 12.6. The first kappa shape index (κ1) is 27.0. The average molecular weight is 544 g/mol. The molecule has 2 nitrogen and oxygen atoms in total. The number of hydrogen-bond acceptors (Lipinski definition) is 2. The van der Waals surface area contributed by atoms with Crippen LogP contribution in [0.2, 0.25) is 10.0 Å². The van der Waals surface area contributed by atoms with Gasteiger partial charge in [-0.05, 0) is 58.5 Å². The van der Waals surface area contributed by atoms with Gasteiger partial charge in [-0.15, -0.1) is 0 Å². The van der Waals surface area contributed by atoms with E-state index in [9.17, 15) is 18.0 Å². The summed E-state index contributed by atoms with van der Waals surface area (Å²) in [4.78, 5) is 15.5. The maximum atomic E-state index is 13.5. The Hall–Kier alpha value is -3.02. The molecule has 0 spiro atoms. The third-order valence-corrected chi connectivity index (χ3v) is 6.82. The van der Waals surface area contributed by atoms with E-state index in [0.717, 1.165) is 43.5 Å². The van der Waals surface area contributed by atoms with Crippen LogP contribution < -0.4 is 0 Å². The SMILES string of the molecule is CCCCCN(C=CC(=O)c1cc2c(Cl)cc(Cl)cc2c2cc(C(F)(F)F)ccc12)Cc1ccccc1. The predicted molar refractivity (Wildman–Crippen MR) is 146 cm³/mol. The molecule has 0 amide bonds. The summed E-state index contributed by atoms with van der Waals surface area (Å²) < 4.78 is 40.5. The summed E-state index contributed by atoms with van der Waals surface area (Å²) in [6, 6.07) is 18.1. The molecule has 192 valence electrons. The van der Waals surface area contributed by atoms with Gasteiger partial charge in [0.15, 0.2) is 5.78 Å². The lowest BCUT2D eigenvalue weighted by Gasteiger charge is -2.20. The van der Waals surface area contributed by atoms with Crippen LogP contribution in [0.5, 0.6) is 0 Å². The molecule has 4 aromatic rings. The number of carbonyl (C=O) groups excluding carboxylic acids is 1. The van der Waals surface area contributed by atoms with Gasteiger partial charge in [0.25, 0.3) is 0 Å². The molecule has 0 fully saturated rings. The number of carbonyl (C=O) groups is 1. The first-order valence-electron chi connectivity index (χ1n) is 12.1. The van der Waals surface area contributed by atoms with Crippen LogP contribution in [-0.2, 0) is 12.7 Å². The second-order valence-electron chi connectivity index (χ2n) is 9.01. The fraction of sp³-hybridized carbons (Fsp3) is 0.233. The van der Waals surface area contributed by atoms with Crippen molar-refractivity contribution in [1.82, 2.24) is 4.90 Å².